The monoisotopic (exact) mass is 350 g/mol. The largest absolute Gasteiger partial charge is 0.373 e. The zero-order chi connectivity index (χ0) is 17.9. The highest BCUT2D eigenvalue weighted by Crippen LogP contribution is 2.45. The number of ether oxygens (including phenoxy) is 1. The highest BCUT2D eigenvalue weighted by molar-refractivity contribution is 5.79. The molecular weight excluding hydrogens is 332 g/mol. The average Bonchev–Trinajstić information content (AvgIpc) is 2.95. The predicted octanol–water partition coefficient (Wildman–Crippen LogP) is 5.61. The lowest BCUT2D eigenvalue weighted by Gasteiger charge is -2.28. The van der Waals surface area contributed by atoms with Gasteiger partial charge in [0.1, 0.15) is 0 Å². The maximum Gasteiger partial charge on any atom is 0.167 e. The van der Waals surface area contributed by atoms with Crippen molar-refractivity contribution < 1.29 is 22.3 Å². The van der Waals surface area contributed by atoms with E-state index in [2.05, 4.69) is 0 Å². The molecule has 0 aromatic heterocycles. The Labute approximate surface area is 143 Å². The second-order valence-corrected chi connectivity index (χ2v) is 7.16. The molecule has 25 heavy (non-hydrogen) atoms. The van der Waals surface area contributed by atoms with Gasteiger partial charge in [-0.05, 0) is 54.9 Å². The van der Waals surface area contributed by atoms with Crippen LogP contribution in [0.5, 0.6) is 0 Å². The summed E-state index contributed by atoms with van der Waals surface area (Å²) in [4.78, 5) is 0. The molecule has 0 radical (unpaired) electrons. The smallest absolute Gasteiger partial charge is 0.167 e. The van der Waals surface area contributed by atoms with Gasteiger partial charge in [-0.25, -0.2) is 17.6 Å². The van der Waals surface area contributed by atoms with E-state index in [9.17, 15) is 17.6 Å². The fraction of sp³-hybridized carbons (Fsp3) is 0.400. The summed E-state index contributed by atoms with van der Waals surface area (Å²) in [6, 6.07) is 3.06. The first-order valence-electron chi connectivity index (χ1n) is 8.48. The van der Waals surface area contributed by atoms with Crippen LogP contribution in [0, 0.1) is 36.1 Å². The molecule has 0 bridgehead atoms. The number of benzene rings is 2. The van der Waals surface area contributed by atoms with Gasteiger partial charge in [-0.1, -0.05) is 13.0 Å². The minimum absolute atomic E-state index is 0.153. The second-order valence-electron chi connectivity index (χ2n) is 7.16. The van der Waals surface area contributed by atoms with Crippen molar-refractivity contribution in [3.63, 3.8) is 0 Å². The highest BCUT2D eigenvalue weighted by atomic mass is 19.2. The van der Waals surface area contributed by atoms with Gasteiger partial charge in [0.25, 0.3) is 0 Å². The summed E-state index contributed by atoms with van der Waals surface area (Å²) in [5, 5.41) is 0. The van der Waals surface area contributed by atoms with E-state index in [-0.39, 0.29) is 28.7 Å². The maximum atomic E-state index is 14.8. The second kappa shape index (κ2) is 5.84. The molecule has 1 heterocycles. The summed E-state index contributed by atoms with van der Waals surface area (Å²) in [7, 11) is 0. The lowest BCUT2D eigenvalue weighted by Crippen LogP contribution is -2.20. The van der Waals surface area contributed by atoms with Crippen LogP contribution in [0.3, 0.4) is 0 Å². The molecule has 5 heteroatoms. The molecule has 2 aliphatic rings. The van der Waals surface area contributed by atoms with Crippen LogP contribution in [-0.2, 0) is 11.2 Å². The molecule has 1 saturated heterocycles. The summed E-state index contributed by atoms with van der Waals surface area (Å²) < 4.78 is 63.4. The van der Waals surface area contributed by atoms with Gasteiger partial charge in [0.05, 0.1) is 6.10 Å². The highest BCUT2D eigenvalue weighted by Gasteiger charge is 2.33. The number of hydrogen-bond donors (Lipinski definition) is 0. The summed E-state index contributed by atoms with van der Waals surface area (Å²) >= 11 is 0. The molecule has 1 aliphatic carbocycles. The van der Waals surface area contributed by atoms with Gasteiger partial charge in [0.2, 0.25) is 0 Å². The third-order valence-electron chi connectivity index (χ3n) is 5.27. The first-order chi connectivity index (χ1) is 11.9. The van der Waals surface area contributed by atoms with E-state index in [1.807, 2.05) is 6.92 Å². The molecule has 0 spiro atoms. The molecule has 4 rings (SSSR count). The van der Waals surface area contributed by atoms with Crippen LogP contribution in [0.2, 0.25) is 0 Å². The first-order valence-corrected chi connectivity index (χ1v) is 8.48. The van der Waals surface area contributed by atoms with Crippen LogP contribution >= 0.6 is 0 Å². The maximum absolute atomic E-state index is 14.8. The summed E-state index contributed by atoms with van der Waals surface area (Å²) in [5.41, 5.74) is 0.995. The van der Waals surface area contributed by atoms with E-state index in [1.165, 1.54) is 13.0 Å². The number of hydrogen-bond acceptors (Lipinski definition) is 1. The van der Waals surface area contributed by atoms with Gasteiger partial charge in [-0.3, -0.25) is 0 Å². The van der Waals surface area contributed by atoms with Crippen LogP contribution in [-0.4, -0.2) is 6.61 Å². The summed E-state index contributed by atoms with van der Waals surface area (Å²) in [6.45, 7) is 4.01. The summed E-state index contributed by atoms with van der Waals surface area (Å²) in [5.74, 6) is -3.87. The number of aryl methyl sites for hydroxylation is 1. The lowest BCUT2D eigenvalue weighted by molar-refractivity contribution is -0.0144. The van der Waals surface area contributed by atoms with Gasteiger partial charge < -0.3 is 4.74 Å². The zero-order valence-corrected chi connectivity index (χ0v) is 14.1. The third-order valence-corrected chi connectivity index (χ3v) is 5.27. The van der Waals surface area contributed by atoms with Gasteiger partial charge >= 0.3 is 0 Å². The van der Waals surface area contributed by atoms with E-state index in [0.717, 1.165) is 6.42 Å². The van der Waals surface area contributed by atoms with Crippen molar-refractivity contribution in [2.24, 2.45) is 5.92 Å². The van der Waals surface area contributed by atoms with Crippen LogP contribution in [0.15, 0.2) is 12.1 Å². The molecule has 2 aromatic carbocycles. The average molecular weight is 350 g/mol. The van der Waals surface area contributed by atoms with Crippen molar-refractivity contribution in [3.8, 4) is 11.1 Å². The number of rotatable bonds is 1. The normalized spacial score (nSPS) is 22.0. The van der Waals surface area contributed by atoms with Gasteiger partial charge in [-0.15, -0.1) is 0 Å². The van der Waals surface area contributed by atoms with Gasteiger partial charge in [0.15, 0.2) is 23.3 Å². The van der Waals surface area contributed by atoms with Crippen molar-refractivity contribution >= 4 is 0 Å². The van der Waals surface area contributed by atoms with Crippen molar-refractivity contribution in [1.82, 2.24) is 0 Å². The SMILES string of the molecule is Cc1cc2c(c(F)c1F)-c1c(cc(C3CCC(C)CO3)c(F)c1F)C2. The van der Waals surface area contributed by atoms with Crippen molar-refractivity contribution in [3.05, 3.63) is 57.7 Å². The minimum Gasteiger partial charge on any atom is -0.373 e. The van der Waals surface area contributed by atoms with Crippen LogP contribution < -0.4 is 0 Å². The molecule has 1 fully saturated rings. The molecule has 1 aliphatic heterocycles. The molecule has 1 nitrogen and oxygen atoms in total. The van der Waals surface area contributed by atoms with Crippen LogP contribution in [0.1, 0.15) is 48.1 Å². The Morgan fingerprint density at radius 2 is 1.52 bits per heavy atom. The van der Waals surface area contributed by atoms with Crippen molar-refractivity contribution in [2.75, 3.05) is 6.61 Å². The first kappa shape index (κ1) is 16.6. The van der Waals surface area contributed by atoms with Crippen LogP contribution in [0.25, 0.3) is 11.1 Å². The molecule has 2 unspecified atom stereocenters. The predicted molar refractivity (Wildman–Crippen MR) is 86.3 cm³/mol. The Morgan fingerprint density at radius 1 is 0.880 bits per heavy atom. The fourth-order valence-corrected chi connectivity index (χ4v) is 3.91. The Bertz CT molecular complexity index is 867. The summed E-state index contributed by atoms with van der Waals surface area (Å²) in [6.07, 6.45) is 1.26. The number of halogens is 4. The molecule has 0 amide bonds. The fourth-order valence-electron chi connectivity index (χ4n) is 3.91. The molecule has 0 saturated carbocycles. The van der Waals surface area contributed by atoms with Crippen molar-refractivity contribution in [2.45, 2.75) is 39.2 Å². The molecule has 132 valence electrons. The Kier molecular flexibility index (Phi) is 3.87. The van der Waals surface area contributed by atoms with E-state index in [4.69, 9.17) is 4.74 Å². The molecular formula is C20H18F4O. The Morgan fingerprint density at radius 3 is 2.16 bits per heavy atom. The topological polar surface area (TPSA) is 9.23 Å². The quantitative estimate of drug-likeness (QED) is 0.518. The van der Waals surface area contributed by atoms with E-state index in [0.29, 0.717) is 30.1 Å². The molecule has 0 N–H and O–H groups in total. The van der Waals surface area contributed by atoms with Crippen molar-refractivity contribution in [1.29, 1.82) is 0 Å². The van der Waals surface area contributed by atoms with Crippen LogP contribution in [0.4, 0.5) is 17.6 Å². The molecule has 2 aromatic rings. The van der Waals surface area contributed by atoms with E-state index in [1.54, 1.807) is 6.07 Å². The number of fused-ring (bicyclic) bond motifs is 3. The Hall–Kier alpha value is -1.88. The zero-order valence-electron chi connectivity index (χ0n) is 14.1. The molecule has 2 atom stereocenters. The van der Waals surface area contributed by atoms with Gasteiger partial charge in [0, 0.05) is 23.3 Å². The van der Waals surface area contributed by atoms with Gasteiger partial charge in [-0.2, -0.15) is 0 Å². The minimum atomic E-state index is -1.12. The lowest BCUT2D eigenvalue weighted by atomic mass is 9.93. The standard InChI is InChI=1S/C20H18F4O/c1-9-3-4-14(25-8-9)13-7-12-6-11-5-10(2)17(21)19(23)15(11)16(12)20(24)18(13)22/h5,7,9,14H,3-4,6,8H2,1-2H3. The van der Waals surface area contributed by atoms with E-state index >= 15 is 0 Å². The third kappa shape index (κ3) is 2.48. The van der Waals surface area contributed by atoms with E-state index < -0.39 is 29.4 Å². The Balaban J connectivity index is 1.84.